The van der Waals surface area contributed by atoms with Crippen LogP contribution in [-0.4, -0.2) is 23.8 Å². The molecule has 0 aromatic heterocycles. The number of rotatable bonds is 5. The van der Waals surface area contributed by atoms with E-state index in [2.05, 4.69) is 5.32 Å². The topological polar surface area (TPSA) is 49.3 Å². The Morgan fingerprint density at radius 1 is 1.15 bits per heavy atom. The number of thioether (sulfide) groups is 1. The van der Waals surface area contributed by atoms with Crippen LogP contribution in [-0.2, 0) is 6.42 Å². The molecule has 0 saturated heterocycles. The monoisotopic (exact) mass is 287 g/mol. The summed E-state index contributed by atoms with van der Waals surface area (Å²) in [6, 6.07) is 14.6. The quantitative estimate of drug-likeness (QED) is 0.831. The van der Waals surface area contributed by atoms with Gasteiger partial charge in [0.05, 0.1) is 5.56 Å². The van der Waals surface area contributed by atoms with Gasteiger partial charge in [-0.25, -0.2) is 0 Å². The highest BCUT2D eigenvalue weighted by molar-refractivity contribution is 7.98. The number of phenolic OH excluding ortho intramolecular Hbond substituents is 1. The molecule has 0 fully saturated rings. The van der Waals surface area contributed by atoms with Gasteiger partial charge in [0.15, 0.2) is 0 Å². The first-order valence-electron chi connectivity index (χ1n) is 6.40. The molecule has 0 unspecified atom stereocenters. The van der Waals surface area contributed by atoms with Crippen LogP contribution in [0, 0.1) is 0 Å². The number of carbonyl (C=O) groups is 1. The van der Waals surface area contributed by atoms with Crippen molar-refractivity contribution in [2.75, 3.05) is 12.8 Å². The lowest BCUT2D eigenvalue weighted by Crippen LogP contribution is -2.26. The summed E-state index contributed by atoms with van der Waals surface area (Å²) in [5.74, 6) is 0.209. The highest BCUT2D eigenvalue weighted by Crippen LogP contribution is 2.19. The van der Waals surface area contributed by atoms with Gasteiger partial charge in [-0.3, -0.25) is 4.79 Å². The molecule has 2 aromatic rings. The SMILES string of the molecule is CSc1ccccc1C(=O)NCCc1ccc(O)cc1. The molecule has 0 spiro atoms. The average Bonchev–Trinajstić information content (AvgIpc) is 2.49. The van der Waals surface area contributed by atoms with Crippen molar-refractivity contribution in [2.24, 2.45) is 0 Å². The zero-order valence-electron chi connectivity index (χ0n) is 11.3. The molecule has 0 bridgehead atoms. The fourth-order valence-electron chi connectivity index (χ4n) is 1.91. The van der Waals surface area contributed by atoms with Gasteiger partial charge in [0, 0.05) is 11.4 Å². The molecule has 0 aliphatic carbocycles. The van der Waals surface area contributed by atoms with Crippen molar-refractivity contribution >= 4 is 17.7 Å². The average molecular weight is 287 g/mol. The van der Waals surface area contributed by atoms with Crippen LogP contribution in [0.2, 0.25) is 0 Å². The molecule has 0 atom stereocenters. The maximum atomic E-state index is 12.1. The minimum atomic E-state index is -0.0475. The Hall–Kier alpha value is -1.94. The number of aromatic hydroxyl groups is 1. The Morgan fingerprint density at radius 2 is 1.85 bits per heavy atom. The largest absolute Gasteiger partial charge is 0.508 e. The van der Waals surface area contributed by atoms with Crippen LogP contribution in [0.4, 0.5) is 0 Å². The van der Waals surface area contributed by atoms with E-state index in [-0.39, 0.29) is 11.7 Å². The van der Waals surface area contributed by atoms with Gasteiger partial charge in [-0.15, -0.1) is 11.8 Å². The summed E-state index contributed by atoms with van der Waals surface area (Å²) >= 11 is 1.57. The molecule has 4 heteroatoms. The molecular formula is C16H17NO2S. The van der Waals surface area contributed by atoms with E-state index in [0.717, 1.165) is 16.9 Å². The molecule has 2 aromatic carbocycles. The molecule has 0 heterocycles. The summed E-state index contributed by atoms with van der Waals surface area (Å²) in [5, 5.41) is 12.1. The smallest absolute Gasteiger partial charge is 0.252 e. The van der Waals surface area contributed by atoms with Crippen molar-refractivity contribution < 1.29 is 9.90 Å². The van der Waals surface area contributed by atoms with Gasteiger partial charge in [0.2, 0.25) is 0 Å². The predicted octanol–water partition coefficient (Wildman–Crippen LogP) is 3.09. The summed E-state index contributed by atoms with van der Waals surface area (Å²) in [7, 11) is 0. The molecule has 20 heavy (non-hydrogen) atoms. The molecule has 0 aliphatic rings. The first-order valence-corrected chi connectivity index (χ1v) is 7.62. The van der Waals surface area contributed by atoms with Gasteiger partial charge in [0.25, 0.3) is 5.91 Å². The van der Waals surface area contributed by atoms with Gasteiger partial charge in [-0.05, 0) is 42.5 Å². The van der Waals surface area contributed by atoms with E-state index in [9.17, 15) is 9.90 Å². The molecule has 2 N–H and O–H groups in total. The van der Waals surface area contributed by atoms with Crippen LogP contribution in [0.3, 0.4) is 0 Å². The van der Waals surface area contributed by atoms with Crippen molar-refractivity contribution in [2.45, 2.75) is 11.3 Å². The van der Waals surface area contributed by atoms with Crippen molar-refractivity contribution in [1.82, 2.24) is 5.32 Å². The molecule has 2 rings (SSSR count). The van der Waals surface area contributed by atoms with E-state index in [1.807, 2.05) is 42.7 Å². The maximum absolute atomic E-state index is 12.1. The summed E-state index contributed by atoms with van der Waals surface area (Å²) in [6.07, 6.45) is 2.70. The number of nitrogens with one attached hydrogen (secondary N) is 1. The second kappa shape index (κ2) is 7.01. The minimum absolute atomic E-state index is 0.0475. The third-order valence-electron chi connectivity index (χ3n) is 2.99. The molecular weight excluding hydrogens is 270 g/mol. The van der Waals surface area contributed by atoms with E-state index in [1.165, 1.54) is 0 Å². The Morgan fingerprint density at radius 3 is 2.55 bits per heavy atom. The zero-order valence-corrected chi connectivity index (χ0v) is 12.1. The first-order chi connectivity index (χ1) is 9.70. The van der Waals surface area contributed by atoms with Crippen molar-refractivity contribution in [3.63, 3.8) is 0 Å². The minimum Gasteiger partial charge on any atom is -0.508 e. The van der Waals surface area contributed by atoms with Gasteiger partial charge in [-0.1, -0.05) is 24.3 Å². The molecule has 1 amide bonds. The van der Waals surface area contributed by atoms with Crippen LogP contribution < -0.4 is 5.32 Å². The van der Waals surface area contributed by atoms with Gasteiger partial charge in [-0.2, -0.15) is 0 Å². The van der Waals surface area contributed by atoms with Crippen molar-refractivity contribution in [3.05, 3.63) is 59.7 Å². The second-order valence-electron chi connectivity index (χ2n) is 4.37. The third kappa shape index (κ3) is 3.78. The van der Waals surface area contributed by atoms with Crippen LogP contribution >= 0.6 is 11.8 Å². The van der Waals surface area contributed by atoms with Gasteiger partial charge >= 0.3 is 0 Å². The summed E-state index contributed by atoms with van der Waals surface area (Å²) in [5.41, 5.74) is 1.80. The lowest BCUT2D eigenvalue weighted by molar-refractivity contribution is 0.0951. The molecule has 3 nitrogen and oxygen atoms in total. The van der Waals surface area contributed by atoms with Crippen LogP contribution in [0.15, 0.2) is 53.4 Å². The fourth-order valence-corrected chi connectivity index (χ4v) is 2.51. The predicted molar refractivity (Wildman–Crippen MR) is 82.4 cm³/mol. The number of amides is 1. The van der Waals surface area contributed by atoms with E-state index in [0.29, 0.717) is 12.1 Å². The zero-order chi connectivity index (χ0) is 14.4. The summed E-state index contributed by atoms with van der Waals surface area (Å²) in [4.78, 5) is 13.1. The Bertz CT molecular complexity index is 581. The number of phenols is 1. The number of hydrogen-bond donors (Lipinski definition) is 2. The van der Waals surface area contributed by atoms with E-state index >= 15 is 0 Å². The Balaban J connectivity index is 1.90. The van der Waals surface area contributed by atoms with E-state index < -0.39 is 0 Å². The van der Waals surface area contributed by atoms with Crippen molar-refractivity contribution in [1.29, 1.82) is 0 Å². The summed E-state index contributed by atoms with van der Waals surface area (Å²) in [6.45, 7) is 0.576. The highest BCUT2D eigenvalue weighted by Gasteiger charge is 2.09. The number of hydrogen-bond acceptors (Lipinski definition) is 3. The lowest BCUT2D eigenvalue weighted by Gasteiger charge is -2.08. The van der Waals surface area contributed by atoms with E-state index in [4.69, 9.17) is 0 Å². The van der Waals surface area contributed by atoms with Crippen molar-refractivity contribution in [3.8, 4) is 5.75 Å². The van der Waals surface area contributed by atoms with Crippen LogP contribution in [0.25, 0.3) is 0 Å². The first kappa shape index (κ1) is 14.5. The lowest BCUT2D eigenvalue weighted by atomic mass is 10.1. The molecule has 104 valence electrons. The maximum Gasteiger partial charge on any atom is 0.252 e. The Kier molecular flexibility index (Phi) is 5.07. The van der Waals surface area contributed by atoms with Gasteiger partial charge in [0.1, 0.15) is 5.75 Å². The Labute approximate surface area is 123 Å². The highest BCUT2D eigenvalue weighted by atomic mass is 32.2. The fraction of sp³-hybridized carbons (Fsp3) is 0.188. The normalized spacial score (nSPS) is 10.2. The number of benzene rings is 2. The molecule has 0 aliphatic heterocycles. The number of carbonyl (C=O) groups excluding carboxylic acids is 1. The standard InChI is InChI=1S/C16H17NO2S/c1-20-15-5-3-2-4-14(15)16(19)17-11-10-12-6-8-13(18)9-7-12/h2-9,18H,10-11H2,1H3,(H,17,19). The third-order valence-corrected chi connectivity index (χ3v) is 3.78. The van der Waals surface area contributed by atoms with Gasteiger partial charge < -0.3 is 10.4 Å². The molecule has 0 radical (unpaired) electrons. The summed E-state index contributed by atoms with van der Waals surface area (Å²) < 4.78 is 0. The van der Waals surface area contributed by atoms with Crippen LogP contribution in [0.1, 0.15) is 15.9 Å². The van der Waals surface area contributed by atoms with Crippen LogP contribution in [0.5, 0.6) is 5.75 Å². The second-order valence-corrected chi connectivity index (χ2v) is 5.22. The van der Waals surface area contributed by atoms with E-state index in [1.54, 1.807) is 23.9 Å². The molecule has 0 saturated carbocycles.